The zero-order valence-electron chi connectivity index (χ0n) is 14.0. The van der Waals surface area contributed by atoms with Crippen LogP contribution in [0.4, 0.5) is 5.13 Å². The standard InChI is InChI=1S/C17H21ClN2O3S/c1-10(2)16(21)20(9-11-5-4-8-23-11)17-19-14-13(22-3)7-6-12(18)15(14)24-17/h6-7,10-11H,4-5,8-9H2,1-3H3. The summed E-state index contributed by atoms with van der Waals surface area (Å²) >= 11 is 7.72. The second-order valence-electron chi connectivity index (χ2n) is 6.16. The maximum atomic E-state index is 12.7. The van der Waals surface area contributed by atoms with Gasteiger partial charge in [-0.05, 0) is 25.0 Å². The van der Waals surface area contributed by atoms with Crippen molar-refractivity contribution in [3.05, 3.63) is 17.2 Å². The van der Waals surface area contributed by atoms with Crippen LogP contribution in [0.2, 0.25) is 5.02 Å². The van der Waals surface area contributed by atoms with Crippen molar-refractivity contribution in [3.8, 4) is 5.75 Å². The average Bonchev–Trinajstić information content (AvgIpc) is 3.22. The van der Waals surface area contributed by atoms with Gasteiger partial charge in [0.05, 0.1) is 29.5 Å². The minimum Gasteiger partial charge on any atom is -0.494 e. The van der Waals surface area contributed by atoms with Gasteiger partial charge in [0.25, 0.3) is 0 Å². The van der Waals surface area contributed by atoms with Gasteiger partial charge in [-0.25, -0.2) is 4.98 Å². The molecular weight excluding hydrogens is 348 g/mol. The molecular formula is C17H21ClN2O3S. The first kappa shape index (κ1) is 17.5. The monoisotopic (exact) mass is 368 g/mol. The molecule has 0 aliphatic carbocycles. The van der Waals surface area contributed by atoms with E-state index >= 15 is 0 Å². The first-order valence-electron chi connectivity index (χ1n) is 8.07. The van der Waals surface area contributed by atoms with Crippen molar-refractivity contribution in [2.75, 3.05) is 25.2 Å². The van der Waals surface area contributed by atoms with Crippen LogP contribution in [0.3, 0.4) is 0 Å². The Hall–Kier alpha value is -1.37. The fraction of sp³-hybridized carbons (Fsp3) is 0.529. The predicted octanol–water partition coefficient (Wildman–Crippen LogP) is 4.13. The number of rotatable bonds is 5. The molecule has 1 aromatic carbocycles. The van der Waals surface area contributed by atoms with Crippen molar-refractivity contribution >= 4 is 44.2 Å². The number of carbonyl (C=O) groups excluding carboxylic acids is 1. The van der Waals surface area contributed by atoms with Gasteiger partial charge < -0.3 is 9.47 Å². The molecule has 0 saturated carbocycles. The van der Waals surface area contributed by atoms with E-state index in [0.717, 1.165) is 24.1 Å². The Labute approximate surface area is 150 Å². The van der Waals surface area contributed by atoms with Crippen LogP contribution >= 0.6 is 22.9 Å². The number of hydrogen-bond donors (Lipinski definition) is 0. The Morgan fingerprint density at radius 3 is 2.96 bits per heavy atom. The molecule has 0 spiro atoms. The predicted molar refractivity (Wildman–Crippen MR) is 97.3 cm³/mol. The summed E-state index contributed by atoms with van der Waals surface area (Å²) in [5, 5.41) is 1.26. The molecule has 1 fully saturated rings. The molecule has 2 heterocycles. The third kappa shape index (κ3) is 3.36. The highest BCUT2D eigenvalue weighted by molar-refractivity contribution is 7.23. The van der Waals surface area contributed by atoms with Crippen LogP contribution < -0.4 is 9.64 Å². The minimum absolute atomic E-state index is 0.0413. The fourth-order valence-electron chi connectivity index (χ4n) is 2.79. The average molecular weight is 369 g/mol. The van der Waals surface area contributed by atoms with Crippen molar-refractivity contribution in [1.29, 1.82) is 0 Å². The highest BCUT2D eigenvalue weighted by Crippen LogP contribution is 2.39. The second-order valence-corrected chi connectivity index (χ2v) is 7.55. The molecule has 0 N–H and O–H groups in total. The molecule has 1 aliphatic rings. The maximum Gasteiger partial charge on any atom is 0.231 e. The van der Waals surface area contributed by atoms with Gasteiger partial charge in [0.15, 0.2) is 5.13 Å². The van der Waals surface area contributed by atoms with Gasteiger partial charge in [-0.1, -0.05) is 36.8 Å². The molecule has 5 nitrogen and oxygen atoms in total. The molecule has 1 aliphatic heterocycles. The van der Waals surface area contributed by atoms with Crippen molar-refractivity contribution in [1.82, 2.24) is 4.98 Å². The molecule has 1 unspecified atom stereocenters. The Morgan fingerprint density at radius 1 is 1.54 bits per heavy atom. The van der Waals surface area contributed by atoms with Gasteiger partial charge in [-0.2, -0.15) is 0 Å². The molecule has 1 aromatic heterocycles. The van der Waals surface area contributed by atoms with Crippen LogP contribution in [-0.4, -0.2) is 37.3 Å². The number of carbonyl (C=O) groups is 1. The van der Waals surface area contributed by atoms with E-state index in [0.29, 0.717) is 28.0 Å². The largest absolute Gasteiger partial charge is 0.494 e. The number of methoxy groups -OCH3 is 1. The van der Waals surface area contributed by atoms with E-state index in [9.17, 15) is 4.79 Å². The quantitative estimate of drug-likeness (QED) is 0.796. The van der Waals surface area contributed by atoms with E-state index in [4.69, 9.17) is 21.1 Å². The molecule has 2 aromatic rings. The summed E-state index contributed by atoms with van der Waals surface area (Å²) in [6.45, 7) is 5.07. The summed E-state index contributed by atoms with van der Waals surface area (Å²) in [5.74, 6) is 0.585. The molecule has 1 atom stereocenters. The van der Waals surface area contributed by atoms with Crippen LogP contribution in [0.1, 0.15) is 26.7 Å². The summed E-state index contributed by atoms with van der Waals surface area (Å²) in [5.41, 5.74) is 0.693. The SMILES string of the molecule is COc1ccc(Cl)c2sc(N(CC3CCCO3)C(=O)C(C)C)nc12. The van der Waals surface area contributed by atoms with Crippen LogP contribution in [0.15, 0.2) is 12.1 Å². The van der Waals surface area contributed by atoms with Gasteiger partial charge in [0.2, 0.25) is 5.91 Å². The molecule has 0 radical (unpaired) electrons. The summed E-state index contributed by atoms with van der Waals surface area (Å²) < 4.78 is 11.9. The van der Waals surface area contributed by atoms with Crippen molar-refractivity contribution in [2.45, 2.75) is 32.8 Å². The normalized spacial score (nSPS) is 17.6. The zero-order chi connectivity index (χ0) is 17.3. The number of hydrogen-bond acceptors (Lipinski definition) is 5. The summed E-state index contributed by atoms with van der Waals surface area (Å²) in [6, 6.07) is 3.59. The molecule has 24 heavy (non-hydrogen) atoms. The van der Waals surface area contributed by atoms with E-state index in [2.05, 4.69) is 4.98 Å². The molecule has 7 heteroatoms. The van der Waals surface area contributed by atoms with E-state index in [-0.39, 0.29) is 17.9 Å². The van der Waals surface area contributed by atoms with Gasteiger partial charge in [-0.15, -0.1) is 0 Å². The molecule has 1 amide bonds. The summed E-state index contributed by atoms with van der Waals surface area (Å²) in [6.07, 6.45) is 2.07. The second kappa shape index (κ2) is 7.25. The lowest BCUT2D eigenvalue weighted by Crippen LogP contribution is -2.39. The molecule has 0 bridgehead atoms. The molecule has 130 valence electrons. The highest BCUT2D eigenvalue weighted by Gasteiger charge is 2.28. The van der Waals surface area contributed by atoms with Crippen molar-refractivity contribution < 1.29 is 14.3 Å². The van der Waals surface area contributed by atoms with Crippen molar-refractivity contribution in [2.24, 2.45) is 5.92 Å². The van der Waals surface area contributed by atoms with Crippen molar-refractivity contribution in [3.63, 3.8) is 0 Å². The number of nitrogens with zero attached hydrogens (tertiary/aromatic N) is 2. The lowest BCUT2D eigenvalue weighted by atomic mass is 10.1. The number of aromatic nitrogens is 1. The number of amides is 1. The Balaban J connectivity index is 2.01. The van der Waals surface area contributed by atoms with Crippen LogP contribution in [0, 0.1) is 5.92 Å². The lowest BCUT2D eigenvalue weighted by Gasteiger charge is -2.24. The van der Waals surface area contributed by atoms with E-state index in [1.807, 2.05) is 13.8 Å². The maximum absolute atomic E-state index is 12.7. The minimum atomic E-state index is -0.115. The molecule has 3 rings (SSSR count). The van der Waals surface area contributed by atoms with Crippen LogP contribution in [-0.2, 0) is 9.53 Å². The van der Waals surface area contributed by atoms with Gasteiger partial charge in [0, 0.05) is 12.5 Å². The highest BCUT2D eigenvalue weighted by atomic mass is 35.5. The Kier molecular flexibility index (Phi) is 5.27. The van der Waals surface area contributed by atoms with Crippen LogP contribution in [0.25, 0.3) is 10.2 Å². The van der Waals surface area contributed by atoms with Crippen LogP contribution in [0.5, 0.6) is 5.75 Å². The Bertz CT molecular complexity index is 741. The van der Waals surface area contributed by atoms with E-state index in [1.54, 1.807) is 24.1 Å². The number of fused-ring (bicyclic) bond motifs is 1. The van der Waals surface area contributed by atoms with Gasteiger partial charge in [0.1, 0.15) is 11.3 Å². The third-order valence-electron chi connectivity index (χ3n) is 4.07. The number of benzene rings is 1. The number of ether oxygens (including phenoxy) is 2. The summed E-state index contributed by atoms with van der Waals surface area (Å²) in [4.78, 5) is 19.1. The first-order chi connectivity index (χ1) is 11.5. The number of anilines is 1. The van der Waals surface area contributed by atoms with Gasteiger partial charge >= 0.3 is 0 Å². The smallest absolute Gasteiger partial charge is 0.231 e. The fourth-order valence-corrected chi connectivity index (χ4v) is 4.06. The van der Waals surface area contributed by atoms with E-state index in [1.165, 1.54) is 11.3 Å². The molecule has 1 saturated heterocycles. The zero-order valence-corrected chi connectivity index (χ0v) is 15.6. The third-order valence-corrected chi connectivity index (χ3v) is 5.61. The summed E-state index contributed by atoms with van der Waals surface area (Å²) in [7, 11) is 1.60. The number of halogens is 1. The Morgan fingerprint density at radius 2 is 2.33 bits per heavy atom. The lowest BCUT2D eigenvalue weighted by molar-refractivity contribution is -0.121. The van der Waals surface area contributed by atoms with E-state index < -0.39 is 0 Å². The number of thiazole rings is 1. The topological polar surface area (TPSA) is 51.7 Å². The first-order valence-corrected chi connectivity index (χ1v) is 9.26. The van der Waals surface area contributed by atoms with Gasteiger partial charge in [-0.3, -0.25) is 9.69 Å².